The number of ether oxygens (including phenoxy) is 1. The summed E-state index contributed by atoms with van der Waals surface area (Å²) in [4.78, 5) is 0. The van der Waals surface area contributed by atoms with Crippen molar-refractivity contribution in [1.82, 2.24) is 5.32 Å². The Morgan fingerprint density at radius 1 is 1.42 bits per heavy atom. The first kappa shape index (κ1) is 15.9. The Morgan fingerprint density at radius 3 is 2.58 bits per heavy atom. The van der Waals surface area contributed by atoms with Gasteiger partial charge in [0.05, 0.1) is 6.61 Å². The van der Waals surface area contributed by atoms with Gasteiger partial charge >= 0.3 is 0 Å². The van der Waals surface area contributed by atoms with Crippen LogP contribution in [-0.2, 0) is 0 Å². The number of hydrogen-bond acceptors (Lipinski definition) is 3. The third-order valence-electron chi connectivity index (χ3n) is 3.32. The van der Waals surface area contributed by atoms with Crippen LogP contribution < -0.4 is 15.8 Å². The van der Waals surface area contributed by atoms with Gasteiger partial charge in [-0.1, -0.05) is 19.9 Å². The van der Waals surface area contributed by atoms with Crippen LogP contribution in [0.15, 0.2) is 18.2 Å². The molecule has 19 heavy (non-hydrogen) atoms. The molecule has 1 aromatic carbocycles. The van der Waals surface area contributed by atoms with Gasteiger partial charge in [-0.05, 0) is 50.0 Å². The molecule has 0 aromatic heterocycles. The maximum Gasteiger partial charge on any atom is 0.165 e. The molecule has 0 bridgehead atoms. The number of benzene rings is 1. The third-order valence-corrected chi connectivity index (χ3v) is 3.32. The van der Waals surface area contributed by atoms with Crippen LogP contribution in [0.1, 0.15) is 38.8 Å². The molecule has 0 fully saturated rings. The van der Waals surface area contributed by atoms with E-state index in [0.29, 0.717) is 18.9 Å². The van der Waals surface area contributed by atoms with Crippen LogP contribution in [0.25, 0.3) is 0 Å². The molecule has 0 spiro atoms. The fraction of sp³-hybridized carbons (Fsp3) is 0.600. The Hall–Kier alpha value is -1.13. The largest absolute Gasteiger partial charge is 0.491 e. The lowest BCUT2D eigenvalue weighted by Gasteiger charge is -2.28. The molecule has 1 atom stereocenters. The van der Waals surface area contributed by atoms with Crippen molar-refractivity contribution in [1.29, 1.82) is 0 Å². The molecule has 1 unspecified atom stereocenters. The molecular formula is C15H25FN2O. The molecule has 0 radical (unpaired) electrons. The summed E-state index contributed by atoms with van der Waals surface area (Å²) >= 11 is 0. The molecule has 0 aliphatic carbocycles. The van der Waals surface area contributed by atoms with Gasteiger partial charge in [0.1, 0.15) is 0 Å². The lowest BCUT2D eigenvalue weighted by molar-refractivity contribution is 0.297. The summed E-state index contributed by atoms with van der Waals surface area (Å²) < 4.78 is 19.1. The van der Waals surface area contributed by atoms with Crippen LogP contribution in [0.3, 0.4) is 0 Å². The predicted molar refractivity (Wildman–Crippen MR) is 76.8 cm³/mol. The number of nitrogens with two attached hydrogens (primary N) is 1. The quantitative estimate of drug-likeness (QED) is 0.799. The van der Waals surface area contributed by atoms with Crippen LogP contribution in [0, 0.1) is 11.2 Å². The van der Waals surface area contributed by atoms with E-state index < -0.39 is 0 Å². The van der Waals surface area contributed by atoms with E-state index in [1.807, 2.05) is 20.0 Å². The van der Waals surface area contributed by atoms with Gasteiger partial charge in [0.15, 0.2) is 11.6 Å². The van der Waals surface area contributed by atoms with Crippen molar-refractivity contribution in [3.8, 4) is 5.75 Å². The summed E-state index contributed by atoms with van der Waals surface area (Å²) in [5, 5.41) is 3.22. The highest BCUT2D eigenvalue weighted by Crippen LogP contribution is 2.30. The Balaban J connectivity index is 2.90. The van der Waals surface area contributed by atoms with Gasteiger partial charge in [-0.25, -0.2) is 4.39 Å². The fourth-order valence-corrected chi connectivity index (χ4v) is 2.03. The summed E-state index contributed by atoms with van der Waals surface area (Å²) in [6.07, 6.45) is 0.855. The molecule has 0 heterocycles. The van der Waals surface area contributed by atoms with Crippen molar-refractivity contribution in [2.24, 2.45) is 11.1 Å². The van der Waals surface area contributed by atoms with Gasteiger partial charge < -0.3 is 15.8 Å². The highest BCUT2D eigenvalue weighted by molar-refractivity contribution is 5.31. The topological polar surface area (TPSA) is 47.3 Å². The monoisotopic (exact) mass is 268 g/mol. The van der Waals surface area contributed by atoms with Crippen molar-refractivity contribution in [3.05, 3.63) is 29.6 Å². The molecule has 108 valence electrons. The zero-order valence-corrected chi connectivity index (χ0v) is 12.3. The average Bonchev–Trinajstić information content (AvgIpc) is 2.39. The van der Waals surface area contributed by atoms with E-state index in [1.165, 1.54) is 0 Å². The van der Waals surface area contributed by atoms with Gasteiger partial charge in [-0.15, -0.1) is 0 Å². The van der Waals surface area contributed by atoms with Crippen LogP contribution >= 0.6 is 0 Å². The molecule has 4 heteroatoms. The molecule has 0 amide bonds. The van der Waals surface area contributed by atoms with Crippen LogP contribution in [-0.4, -0.2) is 20.2 Å². The van der Waals surface area contributed by atoms with Crippen LogP contribution in [0.2, 0.25) is 0 Å². The Labute approximate surface area is 115 Å². The van der Waals surface area contributed by atoms with E-state index in [0.717, 1.165) is 12.0 Å². The zero-order chi connectivity index (χ0) is 14.5. The Morgan fingerprint density at radius 2 is 2.11 bits per heavy atom. The van der Waals surface area contributed by atoms with E-state index in [1.54, 1.807) is 12.1 Å². The van der Waals surface area contributed by atoms with Crippen LogP contribution in [0.5, 0.6) is 5.75 Å². The van der Waals surface area contributed by atoms with Gasteiger partial charge in [0.2, 0.25) is 0 Å². The maximum atomic E-state index is 13.9. The van der Waals surface area contributed by atoms with Gasteiger partial charge in [-0.2, -0.15) is 0 Å². The summed E-state index contributed by atoms with van der Waals surface area (Å²) in [5.74, 6) is -0.00987. The maximum absolute atomic E-state index is 13.9. The Bertz CT molecular complexity index is 407. The van der Waals surface area contributed by atoms with E-state index in [2.05, 4.69) is 19.2 Å². The van der Waals surface area contributed by atoms with Crippen molar-refractivity contribution in [2.45, 2.75) is 33.2 Å². The second-order valence-electron chi connectivity index (χ2n) is 5.54. The van der Waals surface area contributed by atoms with Crippen LogP contribution in [0.4, 0.5) is 4.39 Å². The van der Waals surface area contributed by atoms with Crippen molar-refractivity contribution >= 4 is 0 Å². The lowest BCUT2D eigenvalue weighted by Crippen LogP contribution is -2.30. The smallest absolute Gasteiger partial charge is 0.165 e. The summed E-state index contributed by atoms with van der Waals surface area (Å²) in [5.41, 5.74) is 6.70. The third kappa shape index (κ3) is 4.48. The molecule has 0 aliphatic rings. The fourth-order valence-electron chi connectivity index (χ4n) is 2.03. The summed E-state index contributed by atoms with van der Waals surface area (Å²) in [7, 11) is 1.88. The minimum absolute atomic E-state index is 0.0166. The first-order chi connectivity index (χ1) is 8.93. The molecule has 0 aliphatic heterocycles. The molecule has 3 nitrogen and oxygen atoms in total. The summed E-state index contributed by atoms with van der Waals surface area (Å²) in [6.45, 7) is 7.13. The standard InChI is InChI=1S/C15H25FN2O/c1-5-19-14-7-6-11(8-12(14)16)13(18-4)9-15(2,3)10-17/h6-8,13,18H,5,9-10,17H2,1-4H3. The van der Waals surface area contributed by atoms with E-state index >= 15 is 0 Å². The van der Waals surface area contributed by atoms with E-state index in [-0.39, 0.29) is 17.3 Å². The van der Waals surface area contributed by atoms with Gasteiger partial charge in [-0.3, -0.25) is 0 Å². The SMILES string of the molecule is CCOc1ccc(C(CC(C)(C)CN)NC)cc1F. The van der Waals surface area contributed by atoms with Crippen molar-refractivity contribution < 1.29 is 9.13 Å². The normalized spacial score (nSPS) is 13.4. The minimum atomic E-state index is -0.315. The summed E-state index contributed by atoms with van der Waals surface area (Å²) in [6, 6.07) is 5.22. The highest BCUT2D eigenvalue weighted by atomic mass is 19.1. The molecule has 0 saturated heterocycles. The first-order valence-electron chi connectivity index (χ1n) is 6.73. The number of hydrogen-bond donors (Lipinski definition) is 2. The highest BCUT2D eigenvalue weighted by Gasteiger charge is 2.22. The molecular weight excluding hydrogens is 243 g/mol. The second-order valence-corrected chi connectivity index (χ2v) is 5.54. The van der Waals surface area contributed by atoms with E-state index in [9.17, 15) is 4.39 Å². The number of nitrogens with one attached hydrogen (secondary N) is 1. The average molecular weight is 268 g/mol. The zero-order valence-electron chi connectivity index (χ0n) is 12.3. The van der Waals surface area contributed by atoms with Gasteiger partial charge in [0, 0.05) is 6.04 Å². The minimum Gasteiger partial charge on any atom is -0.491 e. The van der Waals surface area contributed by atoms with Gasteiger partial charge in [0.25, 0.3) is 0 Å². The molecule has 1 aromatic rings. The number of rotatable bonds is 7. The Kier molecular flexibility index (Phi) is 5.76. The van der Waals surface area contributed by atoms with Crippen molar-refractivity contribution in [3.63, 3.8) is 0 Å². The molecule has 3 N–H and O–H groups in total. The molecule has 0 saturated carbocycles. The first-order valence-corrected chi connectivity index (χ1v) is 6.73. The van der Waals surface area contributed by atoms with E-state index in [4.69, 9.17) is 10.5 Å². The molecule has 1 rings (SSSR count). The predicted octanol–water partition coefficient (Wildman–Crippen LogP) is 2.86. The lowest BCUT2D eigenvalue weighted by atomic mass is 9.83. The van der Waals surface area contributed by atoms with Crippen molar-refractivity contribution in [2.75, 3.05) is 20.2 Å². The second kappa shape index (κ2) is 6.87. The number of halogens is 1.